The predicted molar refractivity (Wildman–Crippen MR) is 121 cm³/mol. The zero-order valence-corrected chi connectivity index (χ0v) is 18.5. The molecule has 1 aromatic carbocycles. The summed E-state index contributed by atoms with van der Waals surface area (Å²) in [6.07, 6.45) is 6.03. The summed E-state index contributed by atoms with van der Waals surface area (Å²) < 4.78 is 3.73. The molecule has 32 heavy (non-hydrogen) atoms. The summed E-state index contributed by atoms with van der Waals surface area (Å²) in [4.78, 5) is 15.8. The van der Waals surface area contributed by atoms with Gasteiger partial charge in [-0.15, -0.1) is 10.2 Å². The van der Waals surface area contributed by atoms with Gasteiger partial charge in [0.25, 0.3) is 5.91 Å². The van der Waals surface area contributed by atoms with Gasteiger partial charge in [0.2, 0.25) is 0 Å². The van der Waals surface area contributed by atoms with Crippen LogP contribution < -0.4 is 4.90 Å². The minimum atomic E-state index is -0.372. The van der Waals surface area contributed by atoms with E-state index in [-0.39, 0.29) is 18.7 Å². The maximum Gasteiger partial charge on any atom is 0.261 e. The van der Waals surface area contributed by atoms with Crippen molar-refractivity contribution in [3.05, 3.63) is 81.5 Å². The van der Waals surface area contributed by atoms with Crippen LogP contribution in [0.25, 0.3) is 5.65 Å². The minimum absolute atomic E-state index is 0.0430. The number of aryl methyl sites for hydroxylation is 2. The lowest BCUT2D eigenvalue weighted by Gasteiger charge is -2.27. The van der Waals surface area contributed by atoms with Crippen molar-refractivity contribution in [1.82, 2.24) is 19.2 Å². The summed E-state index contributed by atoms with van der Waals surface area (Å²) in [7, 11) is 0. The van der Waals surface area contributed by atoms with Crippen LogP contribution in [-0.4, -0.2) is 30.2 Å². The molecular weight excluding hydrogens is 426 g/mol. The zero-order valence-electron chi connectivity index (χ0n) is 17.8. The van der Waals surface area contributed by atoms with Crippen LogP contribution in [0.1, 0.15) is 63.4 Å². The van der Waals surface area contributed by atoms with Gasteiger partial charge in [-0.3, -0.25) is 14.1 Å². The Bertz CT molecular complexity index is 1380. The van der Waals surface area contributed by atoms with Crippen LogP contribution in [0.15, 0.2) is 42.7 Å². The number of rotatable bonds is 4. The third kappa shape index (κ3) is 2.74. The fraction of sp³-hybridized carbons (Fsp3) is 0.292. The molecule has 1 N–H and O–H groups in total. The summed E-state index contributed by atoms with van der Waals surface area (Å²) in [5.74, 6) is 1.10. The van der Waals surface area contributed by atoms with E-state index in [0.29, 0.717) is 10.9 Å². The zero-order chi connectivity index (χ0) is 22.1. The van der Waals surface area contributed by atoms with Gasteiger partial charge in [-0.1, -0.05) is 23.7 Å². The number of nitrogens with zero attached hydrogens (tertiary/aromatic N) is 5. The number of amides is 1. The van der Waals surface area contributed by atoms with E-state index in [4.69, 9.17) is 11.6 Å². The Kier molecular flexibility index (Phi) is 4.22. The summed E-state index contributed by atoms with van der Waals surface area (Å²) in [6, 6.07) is 9.18. The fourth-order valence-corrected chi connectivity index (χ4v) is 5.03. The molecule has 3 aromatic heterocycles. The summed E-state index contributed by atoms with van der Waals surface area (Å²) >= 11 is 6.16. The molecule has 1 aliphatic heterocycles. The average Bonchev–Trinajstić information content (AvgIpc) is 3.36. The Morgan fingerprint density at radius 1 is 1.12 bits per heavy atom. The molecule has 4 aromatic rings. The first-order chi connectivity index (χ1) is 15.5. The Morgan fingerprint density at radius 2 is 1.88 bits per heavy atom. The number of fused-ring (bicyclic) bond motifs is 2. The van der Waals surface area contributed by atoms with Crippen LogP contribution in [0.3, 0.4) is 0 Å². The van der Waals surface area contributed by atoms with Crippen LogP contribution >= 0.6 is 11.6 Å². The van der Waals surface area contributed by atoms with Crippen molar-refractivity contribution in [3.8, 4) is 0 Å². The maximum absolute atomic E-state index is 14.0. The number of benzene rings is 1. The summed E-state index contributed by atoms with van der Waals surface area (Å²) in [5, 5.41) is 19.2. The topological polar surface area (TPSA) is 75.7 Å². The second-order valence-corrected chi connectivity index (χ2v) is 9.12. The molecule has 7 nitrogen and oxygen atoms in total. The molecular formula is C24H22ClN5O2. The van der Waals surface area contributed by atoms with Crippen molar-refractivity contribution in [1.29, 1.82) is 0 Å². The molecule has 0 radical (unpaired) electrons. The summed E-state index contributed by atoms with van der Waals surface area (Å²) in [6.45, 7) is 3.69. The van der Waals surface area contributed by atoms with Gasteiger partial charge in [-0.05, 0) is 67.5 Å². The van der Waals surface area contributed by atoms with Crippen molar-refractivity contribution < 1.29 is 9.90 Å². The SMILES string of the molecule is Cc1cc(N2C(=O)c3c(C4CC4)cn(CO)c3C2c2ccc(Cl)cc2)cn2c(C)nnc12. The van der Waals surface area contributed by atoms with E-state index in [1.54, 1.807) is 0 Å². The number of carbonyl (C=O) groups excluding carboxylic acids is 1. The second-order valence-electron chi connectivity index (χ2n) is 8.68. The van der Waals surface area contributed by atoms with Gasteiger partial charge in [0.05, 0.1) is 16.9 Å². The van der Waals surface area contributed by atoms with Gasteiger partial charge in [-0.2, -0.15) is 0 Å². The Hall–Kier alpha value is -3.16. The number of aromatic nitrogens is 4. The molecule has 0 bridgehead atoms. The number of carbonyl (C=O) groups is 1. The maximum atomic E-state index is 14.0. The van der Waals surface area contributed by atoms with Crippen molar-refractivity contribution in [2.45, 2.75) is 45.4 Å². The minimum Gasteiger partial charge on any atom is -0.376 e. The molecule has 2 aliphatic rings. The molecule has 0 saturated heterocycles. The highest BCUT2D eigenvalue weighted by atomic mass is 35.5. The number of hydrogen-bond donors (Lipinski definition) is 1. The highest BCUT2D eigenvalue weighted by Crippen LogP contribution is 2.50. The fourth-order valence-electron chi connectivity index (χ4n) is 4.90. The van der Waals surface area contributed by atoms with Gasteiger partial charge in [0, 0.05) is 17.4 Å². The van der Waals surface area contributed by atoms with Crippen molar-refractivity contribution in [2.75, 3.05) is 4.90 Å². The standard InChI is InChI=1S/C24H22ClN5O2/c1-13-9-18(10-29-14(2)26-27-23(13)29)30-21(16-5-7-17(25)8-6-16)22-20(24(30)32)19(15-3-4-15)11-28(22)12-31/h5-11,15,21,31H,3-4,12H2,1-2H3. The number of halogens is 1. The molecule has 1 atom stereocenters. The van der Waals surface area contributed by atoms with Gasteiger partial charge >= 0.3 is 0 Å². The Balaban J connectivity index is 1.60. The molecule has 4 heterocycles. The largest absolute Gasteiger partial charge is 0.376 e. The lowest BCUT2D eigenvalue weighted by Crippen LogP contribution is -2.30. The van der Waals surface area contributed by atoms with Gasteiger partial charge in [0.15, 0.2) is 5.65 Å². The first-order valence-corrected chi connectivity index (χ1v) is 11.1. The molecule has 1 aliphatic carbocycles. The van der Waals surface area contributed by atoms with E-state index >= 15 is 0 Å². The Morgan fingerprint density at radius 3 is 2.56 bits per heavy atom. The quantitative estimate of drug-likeness (QED) is 0.503. The second kappa shape index (κ2) is 6.92. The van der Waals surface area contributed by atoms with Crippen molar-refractivity contribution in [2.24, 2.45) is 0 Å². The Labute approximate surface area is 189 Å². The highest BCUT2D eigenvalue weighted by Gasteiger charge is 2.46. The van der Waals surface area contributed by atoms with Gasteiger partial charge < -0.3 is 9.67 Å². The molecule has 162 valence electrons. The number of aliphatic hydroxyl groups excluding tert-OH is 1. The first-order valence-electron chi connectivity index (χ1n) is 10.7. The van der Waals surface area contributed by atoms with Gasteiger partial charge in [-0.25, -0.2) is 0 Å². The monoisotopic (exact) mass is 447 g/mol. The van der Waals surface area contributed by atoms with Crippen LogP contribution in [0, 0.1) is 13.8 Å². The number of aliphatic hydroxyl groups is 1. The van der Waals surface area contributed by atoms with Crippen LogP contribution in [0.5, 0.6) is 0 Å². The molecule has 8 heteroatoms. The predicted octanol–water partition coefficient (Wildman–Crippen LogP) is 4.38. The van der Waals surface area contributed by atoms with Crippen molar-refractivity contribution >= 4 is 28.8 Å². The molecule has 6 rings (SSSR count). The third-order valence-corrected chi connectivity index (χ3v) is 6.83. The lowest BCUT2D eigenvalue weighted by molar-refractivity contribution is 0.0992. The molecule has 0 spiro atoms. The molecule has 1 amide bonds. The van der Waals surface area contributed by atoms with E-state index in [9.17, 15) is 9.90 Å². The van der Waals surface area contributed by atoms with Crippen LogP contribution in [0.4, 0.5) is 5.69 Å². The van der Waals surface area contributed by atoms with Gasteiger partial charge in [0.1, 0.15) is 18.6 Å². The molecule has 1 saturated carbocycles. The van der Waals surface area contributed by atoms with E-state index in [1.165, 1.54) is 0 Å². The first kappa shape index (κ1) is 19.5. The lowest BCUT2D eigenvalue weighted by atomic mass is 10.0. The molecule has 1 unspecified atom stereocenters. The number of hydrogen-bond acceptors (Lipinski definition) is 4. The van der Waals surface area contributed by atoms with E-state index < -0.39 is 0 Å². The smallest absolute Gasteiger partial charge is 0.261 e. The molecule has 1 fully saturated rings. The highest BCUT2D eigenvalue weighted by molar-refractivity contribution is 6.30. The van der Waals surface area contributed by atoms with E-state index in [1.807, 2.05) is 70.4 Å². The average molecular weight is 448 g/mol. The van der Waals surface area contributed by atoms with Crippen LogP contribution in [0.2, 0.25) is 5.02 Å². The van der Waals surface area contributed by atoms with Crippen LogP contribution in [-0.2, 0) is 6.73 Å². The van der Waals surface area contributed by atoms with E-state index in [2.05, 4.69) is 10.2 Å². The van der Waals surface area contributed by atoms with E-state index in [0.717, 1.165) is 57.9 Å². The third-order valence-electron chi connectivity index (χ3n) is 6.58. The summed E-state index contributed by atoms with van der Waals surface area (Å²) in [5.41, 5.74) is 6.02. The normalized spacial score (nSPS) is 18.1. The number of anilines is 1. The number of pyridine rings is 1. The van der Waals surface area contributed by atoms with Crippen molar-refractivity contribution in [3.63, 3.8) is 0 Å².